The fourth-order valence-corrected chi connectivity index (χ4v) is 2.27. The van der Waals surface area contributed by atoms with Crippen LogP contribution in [0.4, 0.5) is 0 Å². The van der Waals surface area contributed by atoms with Gasteiger partial charge in [-0.25, -0.2) is 4.98 Å². The molecule has 1 fully saturated rings. The van der Waals surface area contributed by atoms with Crippen molar-refractivity contribution in [3.05, 3.63) is 28.7 Å². The Bertz CT molecular complexity index is 428. The number of aromatic amines is 1. The molecule has 0 aromatic carbocycles. The van der Waals surface area contributed by atoms with Gasteiger partial charge in [0.15, 0.2) is 0 Å². The Morgan fingerprint density at radius 2 is 2.47 bits per heavy atom. The van der Waals surface area contributed by atoms with Gasteiger partial charge in [-0.3, -0.25) is 0 Å². The summed E-state index contributed by atoms with van der Waals surface area (Å²) in [5.74, 6) is 0. The van der Waals surface area contributed by atoms with Crippen molar-refractivity contribution in [2.75, 3.05) is 0 Å². The van der Waals surface area contributed by atoms with Crippen LogP contribution >= 0.6 is 11.3 Å². The van der Waals surface area contributed by atoms with Crippen LogP contribution in [0.15, 0.2) is 23.7 Å². The van der Waals surface area contributed by atoms with E-state index in [0.717, 1.165) is 24.0 Å². The minimum atomic E-state index is 0.753. The van der Waals surface area contributed by atoms with Crippen LogP contribution in [-0.2, 0) is 6.54 Å². The zero-order valence-electron chi connectivity index (χ0n) is 8.36. The van der Waals surface area contributed by atoms with Crippen LogP contribution in [0, 0.1) is 0 Å². The summed E-state index contributed by atoms with van der Waals surface area (Å²) in [5.41, 5.74) is 2.15. The summed E-state index contributed by atoms with van der Waals surface area (Å²) in [6.07, 6.45) is 4.58. The standard InChI is InChI=1S/C11H13N3S/c1-2-9(12-5-1)10-7-15-11(14-10)6-13-8-3-4-8/h1-2,5,7-8,12-13H,3-4,6H2. The van der Waals surface area contributed by atoms with Gasteiger partial charge in [-0.05, 0) is 25.0 Å². The second-order valence-corrected chi connectivity index (χ2v) is 4.81. The molecule has 1 saturated carbocycles. The maximum Gasteiger partial charge on any atom is 0.107 e. The van der Waals surface area contributed by atoms with Crippen LogP contribution in [0.1, 0.15) is 17.8 Å². The van der Waals surface area contributed by atoms with Crippen LogP contribution < -0.4 is 5.32 Å². The topological polar surface area (TPSA) is 40.7 Å². The van der Waals surface area contributed by atoms with E-state index in [1.54, 1.807) is 11.3 Å². The molecule has 2 aromatic heterocycles. The number of H-pyrrole nitrogens is 1. The minimum absolute atomic E-state index is 0.753. The molecule has 0 spiro atoms. The van der Waals surface area contributed by atoms with E-state index < -0.39 is 0 Å². The van der Waals surface area contributed by atoms with Crippen molar-refractivity contribution < 1.29 is 0 Å². The fourth-order valence-electron chi connectivity index (χ4n) is 1.52. The smallest absolute Gasteiger partial charge is 0.107 e. The van der Waals surface area contributed by atoms with Crippen molar-refractivity contribution in [1.29, 1.82) is 0 Å². The minimum Gasteiger partial charge on any atom is -0.360 e. The molecule has 0 amide bonds. The third-order valence-electron chi connectivity index (χ3n) is 2.54. The molecule has 0 saturated heterocycles. The summed E-state index contributed by atoms with van der Waals surface area (Å²) >= 11 is 1.72. The summed E-state index contributed by atoms with van der Waals surface area (Å²) < 4.78 is 0. The maximum atomic E-state index is 4.58. The average Bonchev–Trinajstić information content (AvgIpc) is 2.78. The van der Waals surface area contributed by atoms with Gasteiger partial charge in [0, 0.05) is 24.2 Å². The second kappa shape index (κ2) is 3.79. The van der Waals surface area contributed by atoms with Crippen molar-refractivity contribution in [2.24, 2.45) is 0 Å². The molecule has 4 heteroatoms. The first-order valence-electron chi connectivity index (χ1n) is 5.23. The molecule has 0 unspecified atom stereocenters. The van der Waals surface area contributed by atoms with Crippen LogP contribution in [-0.4, -0.2) is 16.0 Å². The predicted molar refractivity (Wildman–Crippen MR) is 61.8 cm³/mol. The van der Waals surface area contributed by atoms with E-state index in [-0.39, 0.29) is 0 Å². The first kappa shape index (κ1) is 9.12. The van der Waals surface area contributed by atoms with Gasteiger partial charge < -0.3 is 10.3 Å². The highest BCUT2D eigenvalue weighted by Gasteiger charge is 2.20. The lowest BCUT2D eigenvalue weighted by atomic mass is 10.3. The predicted octanol–water partition coefficient (Wildman–Crippen LogP) is 2.39. The van der Waals surface area contributed by atoms with E-state index in [1.165, 1.54) is 17.8 Å². The Labute approximate surface area is 92.6 Å². The normalized spacial score (nSPS) is 15.7. The number of rotatable bonds is 4. The summed E-state index contributed by atoms with van der Waals surface area (Å²) in [6, 6.07) is 4.80. The first-order chi connectivity index (χ1) is 7.42. The highest BCUT2D eigenvalue weighted by atomic mass is 32.1. The zero-order valence-corrected chi connectivity index (χ0v) is 9.18. The lowest BCUT2D eigenvalue weighted by molar-refractivity contribution is 0.685. The highest BCUT2D eigenvalue weighted by Crippen LogP contribution is 2.22. The summed E-state index contributed by atoms with van der Waals surface area (Å²) in [5, 5.41) is 6.75. The van der Waals surface area contributed by atoms with E-state index >= 15 is 0 Å². The van der Waals surface area contributed by atoms with Gasteiger partial charge in [-0.15, -0.1) is 11.3 Å². The SMILES string of the molecule is c1c[nH]c(-c2csc(CNC3CC3)n2)c1. The largest absolute Gasteiger partial charge is 0.360 e. The monoisotopic (exact) mass is 219 g/mol. The van der Waals surface area contributed by atoms with Crippen molar-refractivity contribution >= 4 is 11.3 Å². The number of nitrogens with one attached hydrogen (secondary N) is 2. The summed E-state index contributed by atoms with van der Waals surface area (Å²) in [7, 11) is 0. The van der Waals surface area contributed by atoms with Gasteiger partial charge in [0.05, 0.1) is 11.4 Å². The Morgan fingerprint density at radius 3 is 3.20 bits per heavy atom. The zero-order chi connectivity index (χ0) is 10.1. The average molecular weight is 219 g/mol. The van der Waals surface area contributed by atoms with Gasteiger partial charge in [0.2, 0.25) is 0 Å². The number of aromatic nitrogens is 2. The number of hydrogen-bond acceptors (Lipinski definition) is 3. The lowest BCUT2D eigenvalue weighted by Gasteiger charge is -1.96. The molecule has 3 rings (SSSR count). The van der Waals surface area contributed by atoms with Gasteiger partial charge >= 0.3 is 0 Å². The molecule has 78 valence electrons. The molecule has 3 nitrogen and oxygen atoms in total. The molecule has 15 heavy (non-hydrogen) atoms. The van der Waals surface area contributed by atoms with E-state index in [4.69, 9.17) is 0 Å². The summed E-state index contributed by atoms with van der Waals surface area (Å²) in [6.45, 7) is 0.913. The highest BCUT2D eigenvalue weighted by molar-refractivity contribution is 7.09. The molecular formula is C11H13N3S. The third kappa shape index (κ3) is 2.11. The quantitative estimate of drug-likeness (QED) is 0.829. The molecule has 1 aliphatic rings. The van der Waals surface area contributed by atoms with Crippen molar-refractivity contribution in [3.8, 4) is 11.4 Å². The van der Waals surface area contributed by atoms with Gasteiger partial charge in [-0.2, -0.15) is 0 Å². The third-order valence-corrected chi connectivity index (χ3v) is 3.39. The van der Waals surface area contributed by atoms with E-state index in [9.17, 15) is 0 Å². The second-order valence-electron chi connectivity index (χ2n) is 3.87. The van der Waals surface area contributed by atoms with Gasteiger partial charge in [-0.1, -0.05) is 0 Å². The molecule has 0 aliphatic heterocycles. The van der Waals surface area contributed by atoms with Crippen molar-refractivity contribution in [1.82, 2.24) is 15.3 Å². The Balaban J connectivity index is 1.69. The van der Waals surface area contributed by atoms with Crippen LogP contribution in [0.3, 0.4) is 0 Å². The molecule has 0 atom stereocenters. The number of hydrogen-bond donors (Lipinski definition) is 2. The molecule has 2 aromatic rings. The molecule has 2 heterocycles. The van der Waals surface area contributed by atoms with Crippen LogP contribution in [0.5, 0.6) is 0 Å². The van der Waals surface area contributed by atoms with Crippen molar-refractivity contribution in [3.63, 3.8) is 0 Å². The van der Waals surface area contributed by atoms with Gasteiger partial charge in [0.25, 0.3) is 0 Å². The Kier molecular flexibility index (Phi) is 2.31. The summed E-state index contributed by atoms with van der Waals surface area (Å²) in [4.78, 5) is 7.74. The van der Waals surface area contributed by atoms with Crippen molar-refractivity contribution in [2.45, 2.75) is 25.4 Å². The van der Waals surface area contributed by atoms with E-state index in [0.29, 0.717) is 0 Å². The Hall–Kier alpha value is -1.13. The number of nitrogens with zero attached hydrogens (tertiary/aromatic N) is 1. The molecule has 0 bridgehead atoms. The molecular weight excluding hydrogens is 206 g/mol. The van der Waals surface area contributed by atoms with Gasteiger partial charge in [0.1, 0.15) is 5.01 Å². The lowest BCUT2D eigenvalue weighted by Crippen LogP contribution is -2.14. The number of thiazole rings is 1. The van der Waals surface area contributed by atoms with Crippen LogP contribution in [0.25, 0.3) is 11.4 Å². The van der Waals surface area contributed by atoms with E-state index in [1.807, 2.05) is 18.3 Å². The Morgan fingerprint density at radius 1 is 1.53 bits per heavy atom. The molecule has 2 N–H and O–H groups in total. The first-order valence-corrected chi connectivity index (χ1v) is 6.11. The van der Waals surface area contributed by atoms with Crippen LogP contribution in [0.2, 0.25) is 0 Å². The molecule has 1 aliphatic carbocycles. The van der Waals surface area contributed by atoms with E-state index in [2.05, 4.69) is 20.7 Å². The maximum absolute atomic E-state index is 4.58. The fraction of sp³-hybridized carbons (Fsp3) is 0.364. The molecule has 0 radical (unpaired) electrons.